The van der Waals surface area contributed by atoms with Gasteiger partial charge in [-0.15, -0.1) is 0 Å². The van der Waals surface area contributed by atoms with E-state index in [0.717, 1.165) is 30.4 Å². The number of unbranched alkanes of at least 4 members (excludes halogenated alkanes) is 1. The van der Waals surface area contributed by atoms with Gasteiger partial charge in [-0.05, 0) is 41.5 Å². The molecular weight excluding hydrogens is 272 g/mol. The lowest BCUT2D eigenvalue weighted by molar-refractivity contribution is 0.467. The molecule has 0 bridgehead atoms. The second-order valence-corrected chi connectivity index (χ2v) is 6.86. The van der Waals surface area contributed by atoms with E-state index in [2.05, 4.69) is 27.7 Å². The van der Waals surface area contributed by atoms with Crippen molar-refractivity contribution < 1.29 is 10.2 Å². The van der Waals surface area contributed by atoms with Crippen molar-refractivity contribution in [2.45, 2.75) is 52.4 Å². The Morgan fingerprint density at radius 2 is 1.59 bits per heavy atom. The molecule has 2 rings (SSSR count). The monoisotopic (exact) mass is 298 g/mol. The minimum Gasteiger partial charge on any atom is -0.507 e. The first kappa shape index (κ1) is 16.4. The lowest BCUT2D eigenvalue weighted by atomic mass is 9.79. The van der Waals surface area contributed by atoms with Crippen molar-refractivity contribution in [1.82, 2.24) is 0 Å². The Morgan fingerprint density at radius 3 is 2.18 bits per heavy atom. The van der Waals surface area contributed by atoms with E-state index in [1.165, 1.54) is 5.56 Å². The Bertz CT molecular complexity index is 651. The lowest BCUT2D eigenvalue weighted by Gasteiger charge is -2.26. The van der Waals surface area contributed by atoms with E-state index in [-0.39, 0.29) is 16.9 Å². The zero-order valence-corrected chi connectivity index (χ0v) is 14.0. The van der Waals surface area contributed by atoms with Crippen LogP contribution in [0.5, 0.6) is 11.5 Å². The Kier molecular flexibility index (Phi) is 4.80. The average Bonchev–Trinajstić information content (AvgIpc) is 2.45. The molecule has 0 aliphatic carbocycles. The summed E-state index contributed by atoms with van der Waals surface area (Å²) in [7, 11) is 0. The highest BCUT2D eigenvalue weighted by Crippen LogP contribution is 2.42. The van der Waals surface area contributed by atoms with Crippen molar-refractivity contribution in [3.8, 4) is 22.6 Å². The van der Waals surface area contributed by atoms with Gasteiger partial charge in [-0.25, -0.2) is 0 Å². The van der Waals surface area contributed by atoms with Gasteiger partial charge in [-0.2, -0.15) is 0 Å². The van der Waals surface area contributed by atoms with E-state index < -0.39 is 0 Å². The zero-order valence-electron chi connectivity index (χ0n) is 14.0. The summed E-state index contributed by atoms with van der Waals surface area (Å²) in [6.45, 7) is 8.72. The van der Waals surface area contributed by atoms with Crippen LogP contribution in [0.2, 0.25) is 0 Å². The summed E-state index contributed by atoms with van der Waals surface area (Å²) in [4.78, 5) is 0. The molecular formula is C20H26O2. The maximum atomic E-state index is 10.4. The fraction of sp³-hybridized carbons (Fsp3) is 0.400. The fourth-order valence-electron chi connectivity index (χ4n) is 2.94. The van der Waals surface area contributed by atoms with Gasteiger partial charge in [0.1, 0.15) is 11.5 Å². The van der Waals surface area contributed by atoms with E-state index in [1.54, 1.807) is 18.2 Å². The normalized spacial score (nSPS) is 11.6. The number of benzene rings is 2. The molecule has 0 unspecified atom stereocenters. The smallest absolute Gasteiger partial charge is 0.123 e. The van der Waals surface area contributed by atoms with Crippen LogP contribution in [-0.4, -0.2) is 10.2 Å². The lowest BCUT2D eigenvalue weighted by Crippen LogP contribution is -2.15. The Morgan fingerprint density at radius 1 is 0.909 bits per heavy atom. The number of hydrogen-bond acceptors (Lipinski definition) is 2. The van der Waals surface area contributed by atoms with Crippen LogP contribution in [-0.2, 0) is 11.8 Å². The summed E-state index contributed by atoms with van der Waals surface area (Å²) in [5, 5.41) is 20.7. The molecule has 0 amide bonds. The summed E-state index contributed by atoms with van der Waals surface area (Å²) in [6.07, 6.45) is 3.06. The molecule has 2 heteroatoms. The summed E-state index contributed by atoms with van der Waals surface area (Å²) in [5.41, 5.74) is 3.86. The highest BCUT2D eigenvalue weighted by molar-refractivity contribution is 5.79. The third-order valence-corrected chi connectivity index (χ3v) is 4.05. The predicted molar refractivity (Wildman–Crippen MR) is 92.5 cm³/mol. The number of hydrogen-bond donors (Lipinski definition) is 2. The molecule has 2 aromatic carbocycles. The second kappa shape index (κ2) is 6.43. The van der Waals surface area contributed by atoms with Crippen molar-refractivity contribution in [3.63, 3.8) is 0 Å². The van der Waals surface area contributed by atoms with Gasteiger partial charge in [0.05, 0.1) is 0 Å². The van der Waals surface area contributed by atoms with Crippen LogP contribution in [0, 0.1) is 0 Å². The van der Waals surface area contributed by atoms with Crippen molar-refractivity contribution in [1.29, 1.82) is 0 Å². The van der Waals surface area contributed by atoms with Crippen LogP contribution < -0.4 is 0 Å². The van der Waals surface area contributed by atoms with Crippen molar-refractivity contribution in [2.75, 3.05) is 0 Å². The van der Waals surface area contributed by atoms with Crippen LogP contribution >= 0.6 is 0 Å². The standard InChI is InChI=1S/C20H26O2/c1-5-6-9-14-16(20(2,3)4)12-13-18(22)19(14)15-10-7-8-11-17(15)21/h7-8,10-13,21-22H,5-6,9H2,1-4H3. The molecule has 0 saturated carbocycles. The second-order valence-electron chi connectivity index (χ2n) is 6.86. The highest BCUT2D eigenvalue weighted by atomic mass is 16.3. The predicted octanol–water partition coefficient (Wildman–Crippen LogP) is 5.40. The van der Waals surface area contributed by atoms with Gasteiger partial charge in [0.2, 0.25) is 0 Å². The molecule has 0 radical (unpaired) electrons. The third-order valence-electron chi connectivity index (χ3n) is 4.05. The molecule has 2 N–H and O–H groups in total. The highest BCUT2D eigenvalue weighted by Gasteiger charge is 2.23. The molecule has 2 aromatic rings. The van der Waals surface area contributed by atoms with Crippen LogP contribution in [0.1, 0.15) is 51.7 Å². The zero-order chi connectivity index (χ0) is 16.3. The van der Waals surface area contributed by atoms with Gasteiger partial charge >= 0.3 is 0 Å². The minimum absolute atomic E-state index is 0.00404. The minimum atomic E-state index is -0.00404. The van der Waals surface area contributed by atoms with E-state index in [0.29, 0.717) is 5.56 Å². The van der Waals surface area contributed by atoms with E-state index in [4.69, 9.17) is 0 Å². The van der Waals surface area contributed by atoms with Gasteiger partial charge in [0.15, 0.2) is 0 Å². The SMILES string of the molecule is CCCCc1c(C(C)(C)C)ccc(O)c1-c1ccccc1O. The largest absolute Gasteiger partial charge is 0.507 e. The maximum Gasteiger partial charge on any atom is 0.123 e. The quantitative estimate of drug-likeness (QED) is 0.793. The Balaban J connectivity index is 2.73. The van der Waals surface area contributed by atoms with Gasteiger partial charge in [-0.1, -0.05) is 58.4 Å². The number of phenols is 2. The molecule has 0 aliphatic heterocycles. The fourth-order valence-corrected chi connectivity index (χ4v) is 2.94. The number of aromatic hydroxyl groups is 2. The molecule has 0 heterocycles. The topological polar surface area (TPSA) is 40.5 Å². The van der Waals surface area contributed by atoms with Crippen LogP contribution in [0.4, 0.5) is 0 Å². The average molecular weight is 298 g/mol. The molecule has 0 aliphatic rings. The summed E-state index contributed by atoms with van der Waals surface area (Å²) < 4.78 is 0. The van der Waals surface area contributed by atoms with Crippen LogP contribution in [0.15, 0.2) is 36.4 Å². The van der Waals surface area contributed by atoms with Gasteiger partial charge < -0.3 is 10.2 Å². The Hall–Kier alpha value is -1.96. The van der Waals surface area contributed by atoms with Gasteiger partial charge in [0.25, 0.3) is 0 Å². The molecule has 0 fully saturated rings. The number of rotatable bonds is 4. The molecule has 118 valence electrons. The van der Waals surface area contributed by atoms with Crippen molar-refractivity contribution in [2.24, 2.45) is 0 Å². The third kappa shape index (κ3) is 3.27. The van der Waals surface area contributed by atoms with Crippen LogP contribution in [0.3, 0.4) is 0 Å². The first-order valence-electron chi connectivity index (χ1n) is 8.00. The molecule has 0 atom stereocenters. The van der Waals surface area contributed by atoms with Crippen LogP contribution in [0.25, 0.3) is 11.1 Å². The van der Waals surface area contributed by atoms with Crippen molar-refractivity contribution in [3.05, 3.63) is 47.5 Å². The Labute approximate surface area is 133 Å². The molecule has 2 nitrogen and oxygen atoms in total. The number of para-hydroxylation sites is 1. The molecule has 22 heavy (non-hydrogen) atoms. The first-order chi connectivity index (χ1) is 10.4. The maximum absolute atomic E-state index is 10.4. The van der Waals surface area contributed by atoms with Crippen molar-refractivity contribution >= 4 is 0 Å². The first-order valence-corrected chi connectivity index (χ1v) is 8.00. The molecule has 0 saturated heterocycles. The summed E-state index contributed by atoms with van der Waals surface area (Å²) in [5.74, 6) is 0.446. The van der Waals surface area contributed by atoms with Gasteiger partial charge in [0, 0.05) is 11.1 Å². The van der Waals surface area contributed by atoms with E-state index in [9.17, 15) is 10.2 Å². The molecule has 0 spiro atoms. The summed E-state index contributed by atoms with van der Waals surface area (Å²) in [6, 6.07) is 11.0. The van der Waals surface area contributed by atoms with E-state index >= 15 is 0 Å². The van der Waals surface area contributed by atoms with Gasteiger partial charge in [-0.3, -0.25) is 0 Å². The number of phenolic OH excluding ortho intramolecular Hbond substituents is 2. The summed E-state index contributed by atoms with van der Waals surface area (Å²) >= 11 is 0. The molecule has 0 aromatic heterocycles. The van der Waals surface area contributed by atoms with E-state index in [1.807, 2.05) is 18.2 Å².